The summed E-state index contributed by atoms with van der Waals surface area (Å²) in [4.78, 5) is 0. The Morgan fingerprint density at radius 1 is 0.933 bits per heavy atom. The fourth-order valence-corrected chi connectivity index (χ4v) is 2.75. The molecule has 0 aromatic rings. The molecule has 1 saturated carbocycles. The summed E-state index contributed by atoms with van der Waals surface area (Å²) in [6.07, 6.45) is -10.4. The molecule has 0 nitrogen and oxygen atoms in total. The topological polar surface area (TPSA) is 0 Å². The molecule has 0 aliphatic heterocycles. The van der Waals surface area contributed by atoms with Crippen molar-refractivity contribution in [2.75, 3.05) is 0 Å². The number of halogens is 6. The van der Waals surface area contributed by atoms with E-state index in [4.69, 9.17) is 0 Å². The first kappa shape index (κ1) is 12.6. The Labute approximate surface area is 83.6 Å². The summed E-state index contributed by atoms with van der Waals surface area (Å²) in [6, 6.07) is 0. The molecule has 0 aromatic heterocycles. The Morgan fingerprint density at radius 2 is 1.27 bits per heavy atom. The Morgan fingerprint density at radius 3 is 1.33 bits per heavy atom. The zero-order chi connectivity index (χ0) is 12.2. The van der Waals surface area contributed by atoms with Crippen LogP contribution >= 0.6 is 0 Å². The van der Waals surface area contributed by atoms with Gasteiger partial charge in [-0.2, -0.15) is 26.3 Å². The lowest BCUT2D eigenvalue weighted by Crippen LogP contribution is -2.42. The van der Waals surface area contributed by atoms with E-state index < -0.39 is 35.5 Å². The molecule has 1 rings (SSSR count). The third-order valence-corrected chi connectivity index (χ3v) is 3.33. The number of rotatable bonds is 1. The second-order valence-electron chi connectivity index (χ2n) is 4.42. The number of alkyl halides is 6. The van der Waals surface area contributed by atoms with Gasteiger partial charge in [-0.1, -0.05) is 20.8 Å². The van der Waals surface area contributed by atoms with Gasteiger partial charge in [0, 0.05) is 0 Å². The number of hydrogen-bond donors (Lipinski definition) is 0. The molecule has 2 unspecified atom stereocenters. The molecular weight excluding hydrogens is 222 g/mol. The lowest BCUT2D eigenvalue weighted by molar-refractivity contribution is -0.311. The molecule has 0 radical (unpaired) electrons. The van der Waals surface area contributed by atoms with Crippen LogP contribution in [0.2, 0.25) is 0 Å². The molecule has 0 heterocycles. The van der Waals surface area contributed by atoms with Crippen molar-refractivity contribution in [3.05, 3.63) is 0 Å². The Kier molecular flexibility index (Phi) is 2.57. The van der Waals surface area contributed by atoms with Crippen LogP contribution in [-0.2, 0) is 0 Å². The fourth-order valence-electron chi connectivity index (χ4n) is 2.75. The van der Waals surface area contributed by atoms with Gasteiger partial charge in [0.15, 0.2) is 5.41 Å². The molecule has 6 heteroatoms. The molecule has 0 spiro atoms. The second-order valence-corrected chi connectivity index (χ2v) is 4.42. The van der Waals surface area contributed by atoms with Gasteiger partial charge in [0.1, 0.15) is 0 Å². The van der Waals surface area contributed by atoms with Gasteiger partial charge in [-0.05, 0) is 17.8 Å². The van der Waals surface area contributed by atoms with Crippen LogP contribution in [0.25, 0.3) is 0 Å². The number of hydrogen-bond acceptors (Lipinski definition) is 0. The SMILES string of the molecule is CC(C)C1C(C)C1(C(F)(F)F)C(F)(F)F. The Bertz CT molecular complexity index is 234. The van der Waals surface area contributed by atoms with Crippen molar-refractivity contribution < 1.29 is 26.3 Å². The molecule has 90 valence electrons. The van der Waals surface area contributed by atoms with E-state index in [-0.39, 0.29) is 0 Å². The highest BCUT2D eigenvalue weighted by Gasteiger charge is 2.87. The third-order valence-electron chi connectivity index (χ3n) is 3.33. The van der Waals surface area contributed by atoms with E-state index in [1.807, 2.05) is 0 Å². The van der Waals surface area contributed by atoms with E-state index in [9.17, 15) is 26.3 Å². The minimum atomic E-state index is -5.21. The molecular formula is C9H12F6. The maximum absolute atomic E-state index is 12.5. The minimum Gasteiger partial charge on any atom is -0.170 e. The van der Waals surface area contributed by atoms with Crippen LogP contribution in [0, 0.1) is 23.2 Å². The fraction of sp³-hybridized carbons (Fsp3) is 1.00. The molecule has 1 aliphatic rings. The van der Waals surface area contributed by atoms with E-state index in [2.05, 4.69) is 0 Å². The molecule has 0 N–H and O–H groups in total. The van der Waals surface area contributed by atoms with Crippen molar-refractivity contribution in [1.82, 2.24) is 0 Å². The van der Waals surface area contributed by atoms with Gasteiger partial charge >= 0.3 is 12.4 Å². The van der Waals surface area contributed by atoms with Crippen molar-refractivity contribution in [1.29, 1.82) is 0 Å². The van der Waals surface area contributed by atoms with Gasteiger partial charge in [-0.3, -0.25) is 0 Å². The second kappa shape index (κ2) is 3.04. The van der Waals surface area contributed by atoms with E-state index in [0.717, 1.165) is 6.92 Å². The molecule has 15 heavy (non-hydrogen) atoms. The lowest BCUT2D eigenvalue weighted by Gasteiger charge is -2.25. The van der Waals surface area contributed by atoms with Gasteiger partial charge in [0.2, 0.25) is 0 Å². The molecule has 0 bridgehead atoms. The average molecular weight is 234 g/mol. The van der Waals surface area contributed by atoms with Crippen molar-refractivity contribution in [2.24, 2.45) is 23.2 Å². The first-order chi connectivity index (χ1) is 6.48. The summed E-state index contributed by atoms with van der Waals surface area (Å²) in [5.41, 5.74) is -3.48. The predicted molar refractivity (Wildman–Crippen MR) is 42.0 cm³/mol. The molecule has 0 saturated heterocycles. The van der Waals surface area contributed by atoms with Crippen LogP contribution in [-0.4, -0.2) is 12.4 Å². The molecule has 1 fully saturated rings. The summed E-state index contributed by atoms with van der Waals surface area (Å²) in [7, 11) is 0. The molecule has 0 aromatic carbocycles. The zero-order valence-electron chi connectivity index (χ0n) is 8.50. The Balaban J connectivity index is 3.15. The standard InChI is InChI=1S/C9H12F6/c1-4(2)6-5(3)7(6,8(10,11)12)9(13,14)15/h4-6H,1-3H3. The molecule has 2 atom stereocenters. The summed E-state index contributed by atoms with van der Waals surface area (Å²) in [5, 5.41) is 0. The smallest absolute Gasteiger partial charge is 0.170 e. The first-order valence-electron chi connectivity index (χ1n) is 4.61. The first-order valence-corrected chi connectivity index (χ1v) is 4.61. The van der Waals surface area contributed by atoms with Crippen molar-refractivity contribution >= 4 is 0 Å². The quantitative estimate of drug-likeness (QED) is 0.601. The third kappa shape index (κ3) is 1.44. The van der Waals surface area contributed by atoms with Crippen molar-refractivity contribution in [2.45, 2.75) is 33.1 Å². The molecule has 1 aliphatic carbocycles. The van der Waals surface area contributed by atoms with Gasteiger partial charge < -0.3 is 0 Å². The van der Waals surface area contributed by atoms with E-state index in [1.54, 1.807) is 0 Å². The van der Waals surface area contributed by atoms with Gasteiger partial charge in [0.05, 0.1) is 0 Å². The zero-order valence-corrected chi connectivity index (χ0v) is 8.50. The van der Waals surface area contributed by atoms with E-state index in [0.29, 0.717) is 0 Å². The highest BCUT2D eigenvalue weighted by atomic mass is 19.4. The van der Waals surface area contributed by atoms with E-state index in [1.165, 1.54) is 13.8 Å². The van der Waals surface area contributed by atoms with Crippen molar-refractivity contribution in [3.8, 4) is 0 Å². The monoisotopic (exact) mass is 234 g/mol. The maximum Gasteiger partial charge on any atom is 0.403 e. The van der Waals surface area contributed by atoms with Crippen LogP contribution in [0.1, 0.15) is 20.8 Å². The lowest BCUT2D eigenvalue weighted by atomic mass is 9.95. The summed E-state index contributed by atoms with van der Waals surface area (Å²) >= 11 is 0. The minimum absolute atomic E-state index is 0.622. The predicted octanol–water partition coefficient (Wildman–Crippen LogP) is 4.02. The van der Waals surface area contributed by atoms with Crippen LogP contribution in [0.3, 0.4) is 0 Å². The van der Waals surface area contributed by atoms with Crippen LogP contribution < -0.4 is 0 Å². The van der Waals surface area contributed by atoms with Gasteiger partial charge in [0.25, 0.3) is 0 Å². The normalized spacial score (nSPS) is 30.8. The summed E-state index contributed by atoms with van der Waals surface area (Å²) in [5.74, 6) is -3.35. The Hall–Kier alpha value is -0.420. The molecule has 0 amide bonds. The largest absolute Gasteiger partial charge is 0.403 e. The van der Waals surface area contributed by atoms with Crippen LogP contribution in [0.4, 0.5) is 26.3 Å². The summed E-state index contributed by atoms with van der Waals surface area (Å²) < 4.78 is 75.2. The van der Waals surface area contributed by atoms with Gasteiger partial charge in [-0.25, -0.2) is 0 Å². The highest BCUT2D eigenvalue weighted by molar-refractivity contribution is 5.17. The van der Waals surface area contributed by atoms with Crippen LogP contribution in [0.15, 0.2) is 0 Å². The summed E-state index contributed by atoms with van der Waals surface area (Å²) in [6.45, 7) is 3.80. The van der Waals surface area contributed by atoms with Crippen LogP contribution in [0.5, 0.6) is 0 Å². The maximum atomic E-state index is 12.5. The highest BCUT2D eigenvalue weighted by Crippen LogP contribution is 2.75. The average Bonchev–Trinajstić information content (AvgIpc) is 2.53. The van der Waals surface area contributed by atoms with E-state index >= 15 is 0 Å². The van der Waals surface area contributed by atoms with Gasteiger partial charge in [-0.15, -0.1) is 0 Å². The van der Waals surface area contributed by atoms with Crippen molar-refractivity contribution in [3.63, 3.8) is 0 Å².